The molecule has 0 unspecified atom stereocenters. The fourth-order valence-electron chi connectivity index (χ4n) is 4.88. The highest BCUT2D eigenvalue weighted by Gasteiger charge is 2.28. The molecule has 0 heterocycles. The Morgan fingerprint density at radius 2 is 1.02 bits per heavy atom. The predicted molar refractivity (Wildman–Crippen MR) is 192 cm³/mol. The van der Waals surface area contributed by atoms with E-state index in [0.29, 0.717) is 33.0 Å². The van der Waals surface area contributed by atoms with Gasteiger partial charge in [0, 0.05) is 22.1 Å². The molecule has 0 spiro atoms. The first-order valence-electron chi connectivity index (χ1n) is 17.0. The second-order valence-corrected chi connectivity index (χ2v) is 11.7. The third-order valence-corrected chi connectivity index (χ3v) is 7.45. The van der Waals surface area contributed by atoms with Gasteiger partial charge in [0.1, 0.15) is 31.3 Å². The van der Waals surface area contributed by atoms with E-state index in [0.717, 1.165) is 77.8 Å². The van der Waals surface area contributed by atoms with Crippen molar-refractivity contribution in [3.8, 4) is 11.5 Å². The summed E-state index contributed by atoms with van der Waals surface area (Å²) >= 11 is 0. The molecule has 5 heteroatoms. The Kier molecular flexibility index (Phi) is 18.2. The molecule has 0 aromatic heterocycles. The smallest absolute Gasteiger partial charge is 0.132 e. The maximum absolute atomic E-state index is 6.38. The number of benzene rings is 2. The fourth-order valence-corrected chi connectivity index (χ4v) is 4.88. The maximum Gasteiger partial charge on any atom is 0.132 e. The molecule has 5 nitrogen and oxygen atoms in total. The lowest BCUT2D eigenvalue weighted by atomic mass is 9.75. The van der Waals surface area contributed by atoms with Crippen LogP contribution in [0.15, 0.2) is 86.1 Å². The zero-order chi connectivity index (χ0) is 33.6. The Morgan fingerprint density at radius 1 is 0.587 bits per heavy atom. The minimum atomic E-state index is -0.372. The summed E-state index contributed by atoms with van der Waals surface area (Å²) in [6.07, 6.45) is 22.6. The molecule has 0 saturated carbocycles. The van der Waals surface area contributed by atoms with Gasteiger partial charge < -0.3 is 23.7 Å². The van der Waals surface area contributed by atoms with Crippen LogP contribution in [0.4, 0.5) is 0 Å². The van der Waals surface area contributed by atoms with Gasteiger partial charge in [-0.2, -0.15) is 0 Å². The van der Waals surface area contributed by atoms with E-state index in [4.69, 9.17) is 23.7 Å². The SMILES string of the molecule is C=CC=COCc1cc(C(C)(C)c2cc(COC=CCC)c(OCCC)c(COC=CCC)c2)cc(CC=CCC)c1OCCC. The Labute approximate surface area is 279 Å². The quantitative estimate of drug-likeness (QED) is 0.0694. The second kappa shape index (κ2) is 21.8. The Balaban J connectivity index is 2.77. The summed E-state index contributed by atoms with van der Waals surface area (Å²) in [4.78, 5) is 0. The van der Waals surface area contributed by atoms with Gasteiger partial charge in [-0.3, -0.25) is 0 Å². The van der Waals surface area contributed by atoms with Gasteiger partial charge in [0.25, 0.3) is 0 Å². The standard InChI is InChI=1S/C41H58O5/c1-9-15-19-20-33-26-37(27-34(30-42-23-16-10-2)39(33)45-21-13-5)41(7,8)38-28-35(31-43-24-17-11-3)40(46-22-14-6)36(29-38)32-44-25-18-12-4/h10,15-19,23-29H,2,9,11-14,20-22,30-32H2,1,3-8H3. The molecule has 252 valence electrons. The Bertz CT molecular complexity index is 1260. The van der Waals surface area contributed by atoms with Crippen LogP contribution < -0.4 is 9.47 Å². The fraction of sp³-hybridized carbons (Fsp3) is 0.463. The molecule has 0 atom stereocenters. The first kappa shape index (κ1) is 38.3. The van der Waals surface area contributed by atoms with Gasteiger partial charge in [-0.1, -0.05) is 91.5 Å². The van der Waals surface area contributed by atoms with Crippen LogP contribution in [-0.4, -0.2) is 13.2 Å². The lowest BCUT2D eigenvalue weighted by Crippen LogP contribution is -2.21. The van der Waals surface area contributed by atoms with Crippen LogP contribution in [0.3, 0.4) is 0 Å². The molecule has 46 heavy (non-hydrogen) atoms. The van der Waals surface area contributed by atoms with E-state index in [2.05, 4.69) is 91.5 Å². The van der Waals surface area contributed by atoms with E-state index in [1.165, 1.54) is 5.56 Å². The molecular weight excluding hydrogens is 572 g/mol. The van der Waals surface area contributed by atoms with Crippen molar-refractivity contribution >= 4 is 0 Å². The van der Waals surface area contributed by atoms with Gasteiger partial charge >= 0.3 is 0 Å². The number of hydrogen-bond donors (Lipinski definition) is 0. The van der Waals surface area contributed by atoms with E-state index >= 15 is 0 Å². The van der Waals surface area contributed by atoms with Crippen molar-refractivity contribution in [2.24, 2.45) is 0 Å². The van der Waals surface area contributed by atoms with Crippen LogP contribution in [0.25, 0.3) is 0 Å². The molecule has 0 aliphatic rings. The molecule has 0 saturated heterocycles. The molecule has 0 radical (unpaired) electrons. The van der Waals surface area contributed by atoms with Crippen LogP contribution in [0.1, 0.15) is 114 Å². The van der Waals surface area contributed by atoms with Crippen molar-refractivity contribution in [2.75, 3.05) is 13.2 Å². The van der Waals surface area contributed by atoms with Crippen molar-refractivity contribution in [1.29, 1.82) is 0 Å². The van der Waals surface area contributed by atoms with Crippen LogP contribution >= 0.6 is 0 Å². The maximum atomic E-state index is 6.38. The molecule has 0 bridgehead atoms. The second-order valence-electron chi connectivity index (χ2n) is 11.7. The van der Waals surface area contributed by atoms with Gasteiger partial charge in [0.05, 0.1) is 32.0 Å². The minimum absolute atomic E-state index is 0.372. The summed E-state index contributed by atoms with van der Waals surface area (Å²) < 4.78 is 30.7. The molecule has 2 aromatic rings. The summed E-state index contributed by atoms with van der Waals surface area (Å²) in [6.45, 7) is 21.4. The predicted octanol–water partition coefficient (Wildman–Crippen LogP) is 11.2. The van der Waals surface area contributed by atoms with E-state index in [1.807, 2.05) is 12.2 Å². The van der Waals surface area contributed by atoms with Gasteiger partial charge in [-0.05, 0) is 79.5 Å². The summed E-state index contributed by atoms with van der Waals surface area (Å²) in [6, 6.07) is 9.01. The van der Waals surface area contributed by atoms with Crippen LogP contribution in [0.2, 0.25) is 0 Å². The summed E-state index contributed by atoms with van der Waals surface area (Å²) in [5.74, 6) is 1.75. The van der Waals surface area contributed by atoms with Gasteiger partial charge in [-0.25, -0.2) is 0 Å². The molecule has 0 fully saturated rings. The largest absolute Gasteiger partial charge is 0.497 e. The number of allylic oxidation sites excluding steroid dienone is 6. The number of rotatable bonds is 23. The molecule has 0 N–H and O–H groups in total. The summed E-state index contributed by atoms with van der Waals surface area (Å²) in [7, 11) is 0. The van der Waals surface area contributed by atoms with Crippen molar-refractivity contribution in [3.05, 3.63) is 119 Å². The first-order chi connectivity index (χ1) is 22.4. The average molecular weight is 631 g/mol. The zero-order valence-corrected chi connectivity index (χ0v) is 29.5. The third-order valence-electron chi connectivity index (χ3n) is 7.45. The Morgan fingerprint density at radius 3 is 1.46 bits per heavy atom. The minimum Gasteiger partial charge on any atom is -0.497 e. The van der Waals surface area contributed by atoms with Gasteiger partial charge in [0.2, 0.25) is 0 Å². The van der Waals surface area contributed by atoms with Crippen LogP contribution in [0.5, 0.6) is 11.5 Å². The molecule has 0 aliphatic carbocycles. The highest BCUT2D eigenvalue weighted by atomic mass is 16.5. The normalized spacial score (nSPS) is 12.1. The summed E-state index contributed by atoms with van der Waals surface area (Å²) in [5.41, 5.74) is 6.15. The Hall–Kier alpha value is -3.86. The van der Waals surface area contributed by atoms with Gasteiger partial charge in [-0.15, -0.1) is 0 Å². The monoisotopic (exact) mass is 630 g/mol. The lowest BCUT2D eigenvalue weighted by molar-refractivity contribution is 0.213. The summed E-state index contributed by atoms with van der Waals surface area (Å²) in [5, 5.41) is 0. The van der Waals surface area contributed by atoms with Crippen molar-refractivity contribution in [2.45, 2.75) is 112 Å². The lowest BCUT2D eigenvalue weighted by Gasteiger charge is -2.30. The highest BCUT2D eigenvalue weighted by molar-refractivity contribution is 5.53. The number of ether oxygens (including phenoxy) is 5. The van der Waals surface area contributed by atoms with Crippen molar-refractivity contribution in [3.63, 3.8) is 0 Å². The number of hydrogen-bond acceptors (Lipinski definition) is 5. The van der Waals surface area contributed by atoms with E-state index < -0.39 is 0 Å². The van der Waals surface area contributed by atoms with E-state index in [-0.39, 0.29) is 5.41 Å². The van der Waals surface area contributed by atoms with Crippen LogP contribution in [0, 0.1) is 0 Å². The third kappa shape index (κ3) is 12.2. The molecule has 2 rings (SSSR count). The van der Waals surface area contributed by atoms with Crippen molar-refractivity contribution < 1.29 is 23.7 Å². The van der Waals surface area contributed by atoms with Crippen molar-refractivity contribution in [1.82, 2.24) is 0 Å². The molecule has 0 aliphatic heterocycles. The molecular formula is C41H58O5. The van der Waals surface area contributed by atoms with Crippen LogP contribution in [-0.2, 0) is 45.9 Å². The van der Waals surface area contributed by atoms with Gasteiger partial charge in [0.15, 0.2) is 0 Å². The highest BCUT2D eigenvalue weighted by Crippen LogP contribution is 2.40. The molecule has 2 aromatic carbocycles. The first-order valence-corrected chi connectivity index (χ1v) is 17.0. The average Bonchev–Trinajstić information content (AvgIpc) is 3.05. The molecule has 0 amide bonds. The zero-order valence-electron chi connectivity index (χ0n) is 29.5. The topological polar surface area (TPSA) is 46.2 Å². The van der Waals surface area contributed by atoms with E-state index in [9.17, 15) is 0 Å². The van der Waals surface area contributed by atoms with E-state index in [1.54, 1.807) is 30.9 Å².